The number of nitrogens with zero attached hydrogens (tertiary/aromatic N) is 2. The van der Waals surface area contributed by atoms with E-state index in [1.54, 1.807) is 12.1 Å². The molecule has 15 heavy (non-hydrogen) atoms. The zero-order valence-corrected chi connectivity index (χ0v) is 9.97. The minimum absolute atomic E-state index is 0.420. The van der Waals surface area contributed by atoms with Crippen LogP contribution < -0.4 is 11.1 Å². The summed E-state index contributed by atoms with van der Waals surface area (Å²) in [6.45, 7) is 0. The third-order valence-corrected chi connectivity index (χ3v) is 2.45. The summed E-state index contributed by atoms with van der Waals surface area (Å²) in [7, 11) is 0. The summed E-state index contributed by atoms with van der Waals surface area (Å²) in [6, 6.07) is 11.5. The Morgan fingerprint density at radius 1 is 1.13 bits per heavy atom. The normalized spacial score (nSPS) is 9.93. The number of rotatable bonds is 2. The Bertz CT molecular complexity index is 455. The summed E-state index contributed by atoms with van der Waals surface area (Å²) in [5.41, 5.74) is 6.43. The molecule has 1 aromatic carbocycles. The van der Waals surface area contributed by atoms with Crippen molar-refractivity contribution in [3.05, 3.63) is 40.0 Å². The van der Waals surface area contributed by atoms with E-state index >= 15 is 0 Å². The molecule has 0 atom stereocenters. The van der Waals surface area contributed by atoms with Crippen LogP contribution in [0.15, 0.2) is 36.4 Å². The molecule has 5 heteroatoms. The van der Waals surface area contributed by atoms with Gasteiger partial charge in [0.25, 0.3) is 0 Å². The fraction of sp³-hybridized carbons (Fsp3) is 0. The van der Waals surface area contributed by atoms with E-state index in [-0.39, 0.29) is 0 Å². The smallest absolute Gasteiger partial charge is 0.153 e. The van der Waals surface area contributed by atoms with Gasteiger partial charge in [-0.05, 0) is 52.9 Å². The number of nitrogens with one attached hydrogen (secondary N) is 1. The minimum Gasteiger partial charge on any atom is -0.382 e. The van der Waals surface area contributed by atoms with E-state index in [1.165, 1.54) is 3.57 Å². The van der Waals surface area contributed by atoms with E-state index in [0.717, 1.165) is 5.69 Å². The molecule has 2 aromatic rings. The Kier molecular flexibility index (Phi) is 3.00. The number of hydrogen-bond donors (Lipinski definition) is 2. The maximum atomic E-state index is 5.44. The molecular formula is C10H9IN4. The highest BCUT2D eigenvalue weighted by Gasteiger charge is 1.96. The molecule has 0 aliphatic heterocycles. The Balaban J connectivity index is 2.18. The van der Waals surface area contributed by atoms with Crippen molar-refractivity contribution < 1.29 is 0 Å². The topological polar surface area (TPSA) is 63.8 Å². The first-order valence-electron chi connectivity index (χ1n) is 4.36. The van der Waals surface area contributed by atoms with Crippen molar-refractivity contribution in [2.24, 2.45) is 0 Å². The van der Waals surface area contributed by atoms with Gasteiger partial charge in [0.05, 0.1) is 0 Å². The second kappa shape index (κ2) is 4.43. The standard InChI is InChI=1S/C10H9IN4/c11-7-2-1-3-8(6-7)13-10-5-4-9(12)14-15-10/h1-6H,(H2,12,14)(H,13,15). The lowest BCUT2D eigenvalue weighted by Gasteiger charge is -2.04. The first-order chi connectivity index (χ1) is 7.24. The number of anilines is 3. The van der Waals surface area contributed by atoms with Crippen LogP contribution in [0.5, 0.6) is 0 Å². The summed E-state index contributed by atoms with van der Waals surface area (Å²) >= 11 is 2.26. The molecule has 76 valence electrons. The van der Waals surface area contributed by atoms with Crippen molar-refractivity contribution >= 4 is 39.9 Å². The van der Waals surface area contributed by atoms with Crippen molar-refractivity contribution in [2.75, 3.05) is 11.1 Å². The number of benzene rings is 1. The minimum atomic E-state index is 0.420. The van der Waals surface area contributed by atoms with Crippen molar-refractivity contribution in [3.63, 3.8) is 0 Å². The molecule has 0 spiro atoms. The van der Waals surface area contributed by atoms with Crippen molar-refractivity contribution in [1.82, 2.24) is 10.2 Å². The largest absolute Gasteiger partial charge is 0.382 e. The monoisotopic (exact) mass is 312 g/mol. The summed E-state index contributed by atoms with van der Waals surface area (Å²) in [5.74, 6) is 1.11. The first kappa shape index (κ1) is 10.2. The zero-order chi connectivity index (χ0) is 10.7. The molecule has 0 bridgehead atoms. The molecular weight excluding hydrogens is 303 g/mol. The molecule has 0 aliphatic rings. The quantitative estimate of drug-likeness (QED) is 0.836. The number of nitrogen functional groups attached to an aromatic ring is 1. The molecule has 0 saturated heterocycles. The van der Waals surface area contributed by atoms with Gasteiger partial charge in [0, 0.05) is 9.26 Å². The lowest BCUT2D eigenvalue weighted by atomic mass is 10.3. The number of halogens is 1. The van der Waals surface area contributed by atoms with Crippen LogP contribution in [0.25, 0.3) is 0 Å². The molecule has 1 aromatic heterocycles. The van der Waals surface area contributed by atoms with Gasteiger partial charge in [-0.15, -0.1) is 10.2 Å². The number of nitrogens with two attached hydrogens (primary N) is 1. The van der Waals surface area contributed by atoms with Crippen LogP contribution in [0, 0.1) is 3.57 Å². The second-order valence-electron chi connectivity index (χ2n) is 2.98. The van der Waals surface area contributed by atoms with Gasteiger partial charge in [-0.1, -0.05) is 6.07 Å². The maximum Gasteiger partial charge on any atom is 0.153 e. The molecule has 4 nitrogen and oxygen atoms in total. The van der Waals surface area contributed by atoms with Crippen molar-refractivity contribution in [1.29, 1.82) is 0 Å². The van der Waals surface area contributed by atoms with Crippen LogP contribution in [0.1, 0.15) is 0 Å². The molecule has 0 radical (unpaired) electrons. The molecule has 0 fully saturated rings. The van der Waals surface area contributed by atoms with Crippen LogP contribution in [-0.2, 0) is 0 Å². The van der Waals surface area contributed by atoms with Gasteiger partial charge in [-0.2, -0.15) is 0 Å². The van der Waals surface area contributed by atoms with Crippen LogP contribution >= 0.6 is 22.6 Å². The highest BCUT2D eigenvalue weighted by atomic mass is 127. The molecule has 0 amide bonds. The maximum absolute atomic E-state index is 5.44. The van der Waals surface area contributed by atoms with E-state index in [0.29, 0.717) is 11.6 Å². The predicted molar refractivity (Wildman–Crippen MR) is 68.9 cm³/mol. The fourth-order valence-electron chi connectivity index (χ4n) is 1.12. The summed E-state index contributed by atoms with van der Waals surface area (Å²) in [5, 5.41) is 10.8. The van der Waals surface area contributed by atoms with Gasteiger partial charge in [0.2, 0.25) is 0 Å². The lowest BCUT2D eigenvalue weighted by molar-refractivity contribution is 1.05. The van der Waals surface area contributed by atoms with E-state index in [2.05, 4.69) is 38.1 Å². The molecule has 0 aliphatic carbocycles. The van der Waals surface area contributed by atoms with Gasteiger partial charge in [-0.25, -0.2) is 0 Å². The van der Waals surface area contributed by atoms with E-state index in [1.807, 2.05) is 24.3 Å². The summed E-state index contributed by atoms with van der Waals surface area (Å²) < 4.78 is 1.17. The average Bonchev–Trinajstić information content (AvgIpc) is 2.22. The zero-order valence-electron chi connectivity index (χ0n) is 7.81. The third kappa shape index (κ3) is 2.79. The van der Waals surface area contributed by atoms with Crippen molar-refractivity contribution in [3.8, 4) is 0 Å². The highest BCUT2D eigenvalue weighted by Crippen LogP contribution is 2.16. The Morgan fingerprint density at radius 2 is 2.00 bits per heavy atom. The van der Waals surface area contributed by atoms with Gasteiger partial charge in [-0.3, -0.25) is 0 Å². The van der Waals surface area contributed by atoms with Gasteiger partial charge in [0.15, 0.2) is 5.82 Å². The van der Waals surface area contributed by atoms with Crippen LogP contribution in [0.3, 0.4) is 0 Å². The molecule has 2 rings (SSSR count). The number of hydrogen-bond acceptors (Lipinski definition) is 4. The first-order valence-corrected chi connectivity index (χ1v) is 5.44. The highest BCUT2D eigenvalue weighted by molar-refractivity contribution is 14.1. The molecule has 3 N–H and O–H groups in total. The van der Waals surface area contributed by atoms with E-state index in [9.17, 15) is 0 Å². The summed E-state index contributed by atoms with van der Waals surface area (Å²) in [4.78, 5) is 0. The Morgan fingerprint density at radius 3 is 2.67 bits per heavy atom. The average molecular weight is 312 g/mol. The summed E-state index contributed by atoms with van der Waals surface area (Å²) in [6.07, 6.45) is 0. The van der Waals surface area contributed by atoms with Crippen LogP contribution in [-0.4, -0.2) is 10.2 Å². The number of aromatic nitrogens is 2. The van der Waals surface area contributed by atoms with Gasteiger partial charge < -0.3 is 11.1 Å². The Hall–Kier alpha value is -1.37. The third-order valence-electron chi connectivity index (χ3n) is 1.78. The van der Waals surface area contributed by atoms with Crippen LogP contribution in [0.4, 0.5) is 17.3 Å². The van der Waals surface area contributed by atoms with E-state index in [4.69, 9.17) is 5.73 Å². The molecule has 0 unspecified atom stereocenters. The van der Waals surface area contributed by atoms with E-state index < -0.39 is 0 Å². The van der Waals surface area contributed by atoms with Crippen LogP contribution in [0.2, 0.25) is 0 Å². The molecule has 1 heterocycles. The van der Waals surface area contributed by atoms with Crippen molar-refractivity contribution in [2.45, 2.75) is 0 Å². The predicted octanol–water partition coefficient (Wildman–Crippen LogP) is 2.41. The van der Waals surface area contributed by atoms with Gasteiger partial charge in [0.1, 0.15) is 5.82 Å². The SMILES string of the molecule is Nc1ccc(Nc2cccc(I)c2)nn1. The molecule has 0 saturated carbocycles. The van der Waals surface area contributed by atoms with Gasteiger partial charge >= 0.3 is 0 Å². The fourth-order valence-corrected chi connectivity index (χ4v) is 1.67. The Labute approximate surface area is 101 Å². The second-order valence-corrected chi connectivity index (χ2v) is 4.22. The lowest BCUT2D eigenvalue weighted by Crippen LogP contribution is -1.98.